The van der Waals surface area contributed by atoms with E-state index >= 15 is 0 Å². The van der Waals surface area contributed by atoms with Crippen LogP contribution in [0.1, 0.15) is 22.3 Å². The van der Waals surface area contributed by atoms with Gasteiger partial charge in [-0.3, -0.25) is 4.57 Å². The van der Waals surface area contributed by atoms with E-state index in [-0.39, 0.29) is 5.75 Å². The summed E-state index contributed by atoms with van der Waals surface area (Å²) in [6.07, 6.45) is -6.18. The summed E-state index contributed by atoms with van der Waals surface area (Å²) in [5, 5.41) is 15.0. The van der Waals surface area contributed by atoms with E-state index in [1.807, 2.05) is 42.0 Å². The van der Waals surface area contributed by atoms with E-state index in [1.165, 1.54) is 58.7 Å². The zero-order valence-corrected chi connectivity index (χ0v) is 26.0. The largest absolute Gasteiger partial charge is 0.573 e. The summed E-state index contributed by atoms with van der Waals surface area (Å²) in [4.78, 5) is 4.83. The predicted molar refractivity (Wildman–Crippen MR) is 170 cm³/mol. The molecule has 0 aliphatic carbocycles. The third-order valence-electron chi connectivity index (χ3n) is 7.22. The van der Waals surface area contributed by atoms with Crippen molar-refractivity contribution in [1.29, 1.82) is 0 Å². The molecule has 7 nitrogen and oxygen atoms in total. The third kappa shape index (κ3) is 7.23. The molecule has 0 amide bonds. The molecule has 0 spiro atoms. The lowest BCUT2D eigenvalue weighted by atomic mass is 10.1. The number of halogens is 6. The molecule has 0 aliphatic heterocycles. The summed E-state index contributed by atoms with van der Waals surface area (Å²) in [6, 6.07) is 23.3. The number of hydrogen-bond donors (Lipinski definition) is 0. The Bertz CT molecular complexity index is 2120. The van der Waals surface area contributed by atoms with Crippen LogP contribution in [0.4, 0.5) is 26.3 Å². The van der Waals surface area contributed by atoms with Crippen molar-refractivity contribution in [1.82, 2.24) is 19.3 Å². The second-order valence-corrected chi connectivity index (χ2v) is 11.4. The van der Waals surface area contributed by atoms with Crippen molar-refractivity contribution in [2.24, 2.45) is 10.2 Å². The van der Waals surface area contributed by atoms with Gasteiger partial charge in [-0.15, -0.1) is 34.7 Å². The van der Waals surface area contributed by atoms with Gasteiger partial charge in [0.05, 0.1) is 28.8 Å². The maximum atomic E-state index is 13.2. The minimum atomic E-state index is -4.78. The molecular weight excluding hydrogens is 654 g/mol. The highest BCUT2D eigenvalue weighted by atomic mass is 32.1. The monoisotopic (exact) mass is 678 g/mol. The summed E-state index contributed by atoms with van der Waals surface area (Å²) in [5.41, 5.74) is 5.29. The lowest BCUT2D eigenvalue weighted by molar-refractivity contribution is -0.274. The first kappa shape index (κ1) is 32.4. The lowest BCUT2D eigenvalue weighted by Crippen LogP contribution is -2.17. The Balaban J connectivity index is 1.25. The number of para-hydroxylation sites is 1. The summed E-state index contributed by atoms with van der Waals surface area (Å²) in [7, 11) is 0. The fourth-order valence-corrected chi connectivity index (χ4v) is 5.82. The van der Waals surface area contributed by atoms with Crippen molar-refractivity contribution >= 4 is 17.6 Å². The number of nitrogens with zero attached hydrogens (tertiary/aromatic N) is 6. The molecule has 0 bridgehead atoms. The van der Waals surface area contributed by atoms with Gasteiger partial charge < -0.3 is 4.74 Å². The zero-order chi connectivity index (χ0) is 34.1. The van der Waals surface area contributed by atoms with Crippen LogP contribution in [0.2, 0.25) is 0 Å². The van der Waals surface area contributed by atoms with Crippen molar-refractivity contribution in [3.8, 4) is 39.8 Å². The Morgan fingerprint density at radius 1 is 0.792 bits per heavy atom. The second kappa shape index (κ2) is 13.0. The first-order valence-corrected chi connectivity index (χ1v) is 15.1. The van der Waals surface area contributed by atoms with Crippen LogP contribution in [-0.4, -0.2) is 31.9 Å². The van der Waals surface area contributed by atoms with Crippen LogP contribution in [0, 0.1) is 13.8 Å². The molecule has 14 heteroatoms. The van der Waals surface area contributed by atoms with Gasteiger partial charge in [0, 0.05) is 10.9 Å². The highest BCUT2D eigenvalue weighted by Gasteiger charge is 2.31. The van der Waals surface area contributed by atoms with Crippen LogP contribution in [0.25, 0.3) is 34.0 Å². The second-order valence-electron chi connectivity index (χ2n) is 10.6. The topological polar surface area (TPSA) is 69.6 Å². The van der Waals surface area contributed by atoms with Crippen LogP contribution >= 0.6 is 11.3 Å². The van der Waals surface area contributed by atoms with E-state index in [9.17, 15) is 26.3 Å². The first-order valence-electron chi connectivity index (χ1n) is 14.3. The number of rotatable bonds is 7. The van der Waals surface area contributed by atoms with Crippen LogP contribution in [0.3, 0.4) is 0 Å². The third-order valence-corrected chi connectivity index (χ3v) is 8.04. The van der Waals surface area contributed by atoms with Crippen molar-refractivity contribution < 1.29 is 31.1 Å². The Hall–Kier alpha value is -5.50. The summed E-state index contributed by atoms with van der Waals surface area (Å²) in [6.45, 7) is 3.92. The fourth-order valence-electron chi connectivity index (χ4n) is 4.97. The van der Waals surface area contributed by atoms with Crippen molar-refractivity contribution in [2.45, 2.75) is 26.4 Å². The van der Waals surface area contributed by atoms with Gasteiger partial charge in [-0.05, 0) is 72.5 Å². The Kier molecular flexibility index (Phi) is 8.75. The molecule has 0 fully saturated rings. The molecule has 0 atom stereocenters. The molecule has 0 aliphatic rings. The van der Waals surface area contributed by atoms with E-state index in [0.717, 1.165) is 34.5 Å². The minimum Gasteiger partial charge on any atom is -0.406 e. The predicted octanol–water partition coefficient (Wildman–Crippen LogP) is 8.92. The van der Waals surface area contributed by atoms with E-state index in [0.29, 0.717) is 33.1 Å². The number of hydrogen-bond acceptors (Lipinski definition) is 6. The number of ether oxygens (including phenoxy) is 1. The van der Waals surface area contributed by atoms with Crippen LogP contribution < -0.4 is 9.54 Å². The molecular formula is C34H24F6N6OS. The zero-order valence-electron chi connectivity index (χ0n) is 25.2. The van der Waals surface area contributed by atoms with Gasteiger partial charge in [0.25, 0.3) is 0 Å². The number of aromatic nitrogens is 4. The molecule has 4 aromatic carbocycles. The summed E-state index contributed by atoms with van der Waals surface area (Å²) in [5.74, 6) is 0.0668. The van der Waals surface area contributed by atoms with Gasteiger partial charge in [-0.1, -0.05) is 54.6 Å². The smallest absolute Gasteiger partial charge is 0.406 e. The maximum Gasteiger partial charge on any atom is 0.573 e. The molecule has 48 heavy (non-hydrogen) atoms. The van der Waals surface area contributed by atoms with Gasteiger partial charge in [-0.25, -0.2) is 9.67 Å². The molecule has 0 saturated heterocycles. The molecule has 6 rings (SSSR count). The highest BCUT2D eigenvalue weighted by Crippen LogP contribution is 2.32. The van der Waals surface area contributed by atoms with Crippen molar-refractivity contribution in [3.63, 3.8) is 0 Å². The average molecular weight is 679 g/mol. The van der Waals surface area contributed by atoms with E-state index in [1.54, 1.807) is 30.5 Å². The molecule has 0 unspecified atom stereocenters. The summed E-state index contributed by atoms with van der Waals surface area (Å²) < 4.78 is 84.2. The lowest BCUT2D eigenvalue weighted by Gasteiger charge is -2.15. The molecule has 0 radical (unpaired) electrons. The maximum absolute atomic E-state index is 13.2. The molecule has 2 heterocycles. The molecule has 0 N–H and O–H groups in total. The number of benzene rings is 4. The van der Waals surface area contributed by atoms with Crippen LogP contribution in [0.5, 0.6) is 5.75 Å². The SMILES string of the molecule is Cc1cccc(C)c1-n1c(-c2ccc(C(F)(F)F)cc2)cs/c1=N\N=Cc1ccc(-c2ncn(-c3ccc(OC(F)(F)F)cc3)n2)cc1. The van der Waals surface area contributed by atoms with Crippen LogP contribution in [0.15, 0.2) is 113 Å². The molecule has 2 aromatic heterocycles. The molecule has 6 aromatic rings. The van der Waals surface area contributed by atoms with Gasteiger partial charge in [0.2, 0.25) is 4.80 Å². The average Bonchev–Trinajstić information content (AvgIpc) is 3.69. The molecule has 0 saturated carbocycles. The first-order chi connectivity index (χ1) is 22.9. The number of aryl methyl sites for hydroxylation is 2. The van der Waals surface area contributed by atoms with E-state index in [4.69, 9.17) is 0 Å². The number of thiazole rings is 1. The summed E-state index contributed by atoms with van der Waals surface area (Å²) >= 11 is 1.32. The van der Waals surface area contributed by atoms with E-state index in [2.05, 4.69) is 25.0 Å². The fraction of sp³-hybridized carbons (Fsp3) is 0.118. The quantitative estimate of drug-likeness (QED) is 0.0962. The van der Waals surface area contributed by atoms with E-state index < -0.39 is 18.1 Å². The van der Waals surface area contributed by atoms with Crippen molar-refractivity contribution in [3.05, 3.63) is 130 Å². The van der Waals surface area contributed by atoms with Gasteiger partial charge in [0.15, 0.2) is 5.82 Å². The minimum absolute atomic E-state index is 0.339. The van der Waals surface area contributed by atoms with Crippen LogP contribution in [-0.2, 0) is 6.18 Å². The normalized spacial score (nSPS) is 12.6. The van der Waals surface area contributed by atoms with Gasteiger partial charge >= 0.3 is 12.5 Å². The van der Waals surface area contributed by atoms with Gasteiger partial charge in [-0.2, -0.15) is 18.3 Å². The standard InChI is InChI=1S/C34H24F6N6OS/c1-21-4-3-5-22(2)30(21)46-29(24-10-12-26(13-11-24)33(35,36)37)19-48-32(46)43-42-18-23-6-8-25(9-7-23)31-41-20-45(44-31)27-14-16-28(17-15-27)47-34(38,39)40/h3-20H,1-2H3/b42-18?,43-32-. The Morgan fingerprint density at radius 2 is 1.44 bits per heavy atom. The Morgan fingerprint density at radius 3 is 2.06 bits per heavy atom. The van der Waals surface area contributed by atoms with Gasteiger partial charge in [0.1, 0.15) is 12.1 Å². The highest BCUT2D eigenvalue weighted by molar-refractivity contribution is 7.07. The molecule has 244 valence electrons. The van der Waals surface area contributed by atoms with Crippen molar-refractivity contribution in [2.75, 3.05) is 0 Å². The Labute approximate surface area is 273 Å². The number of alkyl halides is 6.